The van der Waals surface area contributed by atoms with Gasteiger partial charge in [-0.2, -0.15) is 5.10 Å². The predicted octanol–water partition coefficient (Wildman–Crippen LogP) is 2.14. The highest BCUT2D eigenvalue weighted by Gasteiger charge is 2.20. The van der Waals surface area contributed by atoms with Crippen LogP contribution in [0.3, 0.4) is 0 Å². The molecule has 144 valence electrons. The number of benzene rings is 2. The van der Waals surface area contributed by atoms with E-state index in [-0.39, 0.29) is 17.2 Å². The van der Waals surface area contributed by atoms with Crippen molar-refractivity contribution < 1.29 is 14.3 Å². The van der Waals surface area contributed by atoms with Crippen LogP contribution < -0.4 is 5.56 Å². The molecule has 3 rings (SSSR count). The second-order valence-corrected chi connectivity index (χ2v) is 6.29. The Morgan fingerprint density at radius 2 is 1.68 bits per heavy atom. The number of rotatable bonds is 6. The first-order chi connectivity index (χ1) is 13.5. The van der Waals surface area contributed by atoms with Gasteiger partial charge in [0.2, 0.25) is 0 Å². The number of fused-ring (bicyclic) bond motifs is 1. The summed E-state index contributed by atoms with van der Waals surface area (Å²) >= 11 is 0. The molecule has 0 fully saturated rings. The number of likely N-dealkylation sites (N-methyl/N-ethyl adjacent to an activating group) is 1. The van der Waals surface area contributed by atoms with Crippen LogP contribution in [-0.2, 0) is 23.1 Å². The molecule has 0 atom stereocenters. The van der Waals surface area contributed by atoms with Gasteiger partial charge in [-0.15, -0.1) is 0 Å². The molecule has 0 unspecified atom stereocenters. The van der Waals surface area contributed by atoms with Crippen molar-refractivity contribution in [2.75, 3.05) is 13.2 Å². The zero-order valence-electron chi connectivity index (χ0n) is 15.8. The first kappa shape index (κ1) is 19.3. The van der Waals surface area contributed by atoms with E-state index in [1.165, 1.54) is 7.05 Å². The largest absolute Gasteiger partial charge is 0.451 e. The fourth-order valence-electron chi connectivity index (χ4n) is 2.92. The van der Waals surface area contributed by atoms with Crippen molar-refractivity contribution >= 4 is 22.6 Å². The number of aryl methyl sites for hydroxylation is 1. The fourth-order valence-corrected chi connectivity index (χ4v) is 2.92. The van der Waals surface area contributed by atoms with Crippen LogP contribution in [0.1, 0.15) is 23.0 Å². The van der Waals surface area contributed by atoms with Crippen LogP contribution >= 0.6 is 0 Å². The summed E-state index contributed by atoms with van der Waals surface area (Å²) in [6.07, 6.45) is 0. The molecule has 0 saturated heterocycles. The molecule has 1 amide bonds. The lowest BCUT2D eigenvalue weighted by atomic mass is 10.1. The molecule has 0 saturated carbocycles. The third-order valence-electron chi connectivity index (χ3n) is 4.43. The van der Waals surface area contributed by atoms with E-state index in [1.54, 1.807) is 29.2 Å². The summed E-state index contributed by atoms with van der Waals surface area (Å²) in [6.45, 7) is 2.41. The Balaban J connectivity index is 1.73. The number of carbonyl (C=O) groups excluding carboxylic acids is 2. The molecule has 1 aromatic heterocycles. The molecule has 0 spiro atoms. The Hall–Kier alpha value is -3.48. The smallest absolute Gasteiger partial charge is 0.359 e. The van der Waals surface area contributed by atoms with Gasteiger partial charge in [-0.3, -0.25) is 9.59 Å². The SMILES string of the molecule is CCN(Cc1ccccc1)C(=O)COC(=O)c1nn(C)c(=O)c2ccccc12. The standard InChI is InChI=1S/C21H21N3O4/c1-3-24(13-15-9-5-4-6-10-15)18(25)14-28-21(27)19-16-11-7-8-12-17(16)20(26)23(2)22-19/h4-12H,3,13-14H2,1-2H3. The first-order valence-electron chi connectivity index (χ1n) is 8.96. The summed E-state index contributed by atoms with van der Waals surface area (Å²) in [6, 6.07) is 16.3. The predicted molar refractivity (Wildman–Crippen MR) is 105 cm³/mol. The normalized spacial score (nSPS) is 10.6. The Morgan fingerprint density at radius 3 is 2.36 bits per heavy atom. The van der Waals surface area contributed by atoms with Gasteiger partial charge < -0.3 is 9.64 Å². The fraction of sp³-hybridized carbons (Fsp3) is 0.238. The van der Waals surface area contributed by atoms with Crippen molar-refractivity contribution in [3.05, 3.63) is 76.2 Å². The Bertz CT molecular complexity index is 1060. The van der Waals surface area contributed by atoms with Gasteiger partial charge in [-0.25, -0.2) is 9.48 Å². The maximum Gasteiger partial charge on any atom is 0.359 e. The molecule has 1 heterocycles. The molecule has 0 radical (unpaired) electrons. The molecule has 3 aromatic rings. The zero-order valence-corrected chi connectivity index (χ0v) is 15.8. The van der Waals surface area contributed by atoms with Gasteiger partial charge in [-0.1, -0.05) is 48.5 Å². The summed E-state index contributed by atoms with van der Waals surface area (Å²) in [4.78, 5) is 38.8. The topological polar surface area (TPSA) is 81.5 Å². The van der Waals surface area contributed by atoms with E-state index in [4.69, 9.17) is 4.74 Å². The number of carbonyl (C=O) groups is 2. The van der Waals surface area contributed by atoms with Gasteiger partial charge in [0.25, 0.3) is 11.5 Å². The van der Waals surface area contributed by atoms with E-state index in [1.807, 2.05) is 37.3 Å². The quantitative estimate of drug-likeness (QED) is 0.613. The van der Waals surface area contributed by atoms with Crippen molar-refractivity contribution in [2.45, 2.75) is 13.5 Å². The summed E-state index contributed by atoms with van der Waals surface area (Å²) in [5.41, 5.74) is 0.703. The summed E-state index contributed by atoms with van der Waals surface area (Å²) in [7, 11) is 1.47. The van der Waals surface area contributed by atoms with E-state index in [9.17, 15) is 14.4 Å². The maximum absolute atomic E-state index is 12.5. The summed E-state index contributed by atoms with van der Waals surface area (Å²) in [5, 5.41) is 4.79. The van der Waals surface area contributed by atoms with Crippen molar-refractivity contribution in [2.24, 2.45) is 7.05 Å². The molecule has 28 heavy (non-hydrogen) atoms. The number of hydrogen-bond donors (Lipinski definition) is 0. The van der Waals surface area contributed by atoms with Gasteiger partial charge in [0, 0.05) is 25.5 Å². The zero-order chi connectivity index (χ0) is 20.1. The van der Waals surface area contributed by atoms with Gasteiger partial charge in [0.15, 0.2) is 12.3 Å². The molecule has 0 aliphatic rings. The lowest BCUT2D eigenvalue weighted by Crippen LogP contribution is -2.34. The molecule has 7 heteroatoms. The van der Waals surface area contributed by atoms with Crippen LogP contribution in [0.4, 0.5) is 0 Å². The maximum atomic E-state index is 12.5. The second-order valence-electron chi connectivity index (χ2n) is 6.29. The lowest BCUT2D eigenvalue weighted by molar-refractivity contribution is -0.134. The molecule has 0 aliphatic carbocycles. The lowest BCUT2D eigenvalue weighted by Gasteiger charge is -2.20. The van der Waals surface area contributed by atoms with E-state index < -0.39 is 12.6 Å². The Labute approximate surface area is 162 Å². The first-order valence-corrected chi connectivity index (χ1v) is 8.96. The number of esters is 1. The number of nitrogens with zero attached hydrogens (tertiary/aromatic N) is 3. The molecule has 0 N–H and O–H groups in total. The molecule has 0 aliphatic heterocycles. The van der Waals surface area contributed by atoms with Crippen LogP contribution in [0, 0.1) is 0 Å². The third-order valence-corrected chi connectivity index (χ3v) is 4.43. The summed E-state index contributed by atoms with van der Waals surface area (Å²) in [5.74, 6) is -1.04. The van der Waals surface area contributed by atoms with Gasteiger partial charge in [0.05, 0.1) is 5.39 Å². The van der Waals surface area contributed by atoms with Crippen molar-refractivity contribution in [1.29, 1.82) is 0 Å². The van der Waals surface area contributed by atoms with E-state index >= 15 is 0 Å². The average Bonchev–Trinajstić information content (AvgIpc) is 2.73. The van der Waals surface area contributed by atoms with E-state index in [0.717, 1.165) is 10.2 Å². The monoisotopic (exact) mass is 379 g/mol. The van der Waals surface area contributed by atoms with Gasteiger partial charge in [0.1, 0.15) is 0 Å². The van der Waals surface area contributed by atoms with Crippen molar-refractivity contribution in [3.63, 3.8) is 0 Å². The van der Waals surface area contributed by atoms with Crippen molar-refractivity contribution in [1.82, 2.24) is 14.7 Å². The number of amides is 1. The minimum atomic E-state index is -0.740. The molecular formula is C21H21N3O4. The van der Waals surface area contributed by atoms with E-state index in [0.29, 0.717) is 23.9 Å². The van der Waals surface area contributed by atoms with Gasteiger partial charge in [-0.05, 0) is 18.6 Å². The molecular weight excluding hydrogens is 358 g/mol. The highest BCUT2D eigenvalue weighted by atomic mass is 16.5. The Morgan fingerprint density at radius 1 is 1.04 bits per heavy atom. The van der Waals surface area contributed by atoms with Crippen LogP contribution in [0.2, 0.25) is 0 Å². The highest BCUT2D eigenvalue weighted by Crippen LogP contribution is 2.14. The van der Waals surface area contributed by atoms with Crippen LogP contribution in [0.15, 0.2) is 59.4 Å². The molecule has 0 bridgehead atoms. The minimum absolute atomic E-state index is 0.0107. The second kappa shape index (κ2) is 8.47. The highest BCUT2D eigenvalue weighted by molar-refractivity contribution is 6.02. The minimum Gasteiger partial charge on any atom is -0.451 e. The average molecular weight is 379 g/mol. The summed E-state index contributed by atoms with van der Waals surface area (Å²) < 4.78 is 6.30. The van der Waals surface area contributed by atoms with Gasteiger partial charge >= 0.3 is 5.97 Å². The van der Waals surface area contributed by atoms with E-state index in [2.05, 4.69) is 5.10 Å². The third kappa shape index (κ3) is 4.09. The van der Waals surface area contributed by atoms with Crippen LogP contribution in [0.5, 0.6) is 0 Å². The number of hydrogen-bond acceptors (Lipinski definition) is 5. The Kier molecular flexibility index (Phi) is 5.84. The number of aromatic nitrogens is 2. The van der Waals surface area contributed by atoms with Crippen molar-refractivity contribution in [3.8, 4) is 0 Å². The molecule has 2 aromatic carbocycles. The molecule has 7 nitrogen and oxygen atoms in total. The number of ether oxygens (including phenoxy) is 1. The van der Waals surface area contributed by atoms with Crippen LogP contribution in [-0.4, -0.2) is 39.7 Å². The van der Waals surface area contributed by atoms with Crippen LogP contribution in [0.25, 0.3) is 10.8 Å².